The Morgan fingerprint density at radius 2 is 2.31 bits per heavy atom. The minimum absolute atomic E-state index is 0.959. The number of hydrogen-bond acceptors (Lipinski definition) is 0. The van der Waals surface area contributed by atoms with Crippen LogP contribution in [0.4, 0.5) is 0 Å². The molecule has 1 aromatic rings. The largest absolute Gasteiger partial charge is 0.115 e. The zero-order valence-electron chi connectivity index (χ0n) is 7.47. The van der Waals surface area contributed by atoms with Crippen molar-refractivity contribution in [2.45, 2.75) is 6.92 Å². The van der Waals surface area contributed by atoms with Gasteiger partial charge in [0.05, 0.1) is 0 Å². The van der Waals surface area contributed by atoms with Crippen LogP contribution in [0.5, 0.6) is 0 Å². The highest BCUT2D eigenvalue weighted by molar-refractivity contribution is 14.1. The van der Waals surface area contributed by atoms with Gasteiger partial charge in [-0.3, -0.25) is 0 Å². The van der Waals surface area contributed by atoms with Crippen molar-refractivity contribution in [1.82, 2.24) is 0 Å². The summed E-state index contributed by atoms with van der Waals surface area (Å²) in [5.41, 5.74) is 2.06. The molecule has 0 spiro atoms. The summed E-state index contributed by atoms with van der Waals surface area (Å²) in [4.78, 5) is 0. The number of halogens is 1. The van der Waals surface area contributed by atoms with Crippen LogP contribution in [0.25, 0.3) is 0 Å². The van der Waals surface area contributed by atoms with Crippen LogP contribution in [-0.4, -0.2) is 0 Å². The number of hydrogen-bond donors (Lipinski definition) is 0. The van der Waals surface area contributed by atoms with E-state index in [2.05, 4.69) is 35.1 Å². The third kappa shape index (κ3) is 2.13. The van der Waals surface area contributed by atoms with Gasteiger partial charge in [0, 0.05) is 15.1 Å². The SMILES string of the molecule is C#Cc1c(I)cccc1[C](C)C=C. The van der Waals surface area contributed by atoms with Crippen molar-refractivity contribution in [2.75, 3.05) is 0 Å². The van der Waals surface area contributed by atoms with E-state index < -0.39 is 0 Å². The molecule has 1 rings (SSSR count). The van der Waals surface area contributed by atoms with Crippen LogP contribution in [0.3, 0.4) is 0 Å². The van der Waals surface area contributed by atoms with Crippen molar-refractivity contribution in [3.8, 4) is 12.3 Å². The monoisotopic (exact) mass is 281 g/mol. The Kier molecular flexibility index (Phi) is 3.56. The van der Waals surface area contributed by atoms with E-state index in [1.165, 1.54) is 0 Å². The lowest BCUT2D eigenvalue weighted by atomic mass is 9.96. The van der Waals surface area contributed by atoms with Crippen LogP contribution < -0.4 is 0 Å². The molecule has 0 amide bonds. The summed E-state index contributed by atoms with van der Waals surface area (Å²) in [6.07, 6.45) is 7.27. The average Bonchev–Trinajstić information content (AvgIpc) is 2.16. The highest BCUT2D eigenvalue weighted by Crippen LogP contribution is 2.23. The minimum Gasteiger partial charge on any atom is -0.115 e. The van der Waals surface area contributed by atoms with Crippen molar-refractivity contribution in [2.24, 2.45) is 0 Å². The Labute approximate surface area is 93.2 Å². The number of benzene rings is 1. The van der Waals surface area contributed by atoms with Gasteiger partial charge in [-0.25, -0.2) is 0 Å². The molecule has 0 aliphatic carbocycles. The lowest BCUT2D eigenvalue weighted by Gasteiger charge is -2.09. The maximum atomic E-state index is 5.44. The van der Waals surface area contributed by atoms with Crippen molar-refractivity contribution in [1.29, 1.82) is 0 Å². The molecule has 0 saturated heterocycles. The number of allylic oxidation sites excluding steroid dienone is 1. The van der Waals surface area contributed by atoms with E-state index in [9.17, 15) is 0 Å². The van der Waals surface area contributed by atoms with E-state index in [1.807, 2.05) is 31.2 Å². The molecular formula is C12H10I. The summed E-state index contributed by atoms with van der Waals surface area (Å²) in [5, 5.41) is 0. The standard InChI is InChI=1S/C12H10I/c1-4-9(3)11-7-6-8-12(13)10(11)5-2/h2,4,6-8H,1H2,3H3. The van der Waals surface area contributed by atoms with E-state index in [-0.39, 0.29) is 0 Å². The maximum absolute atomic E-state index is 5.44. The van der Waals surface area contributed by atoms with E-state index >= 15 is 0 Å². The summed E-state index contributed by atoms with van der Waals surface area (Å²) in [5.74, 6) is 3.82. The topological polar surface area (TPSA) is 0 Å². The van der Waals surface area contributed by atoms with Gasteiger partial charge in [-0.1, -0.05) is 31.1 Å². The molecule has 65 valence electrons. The van der Waals surface area contributed by atoms with E-state index in [0.29, 0.717) is 0 Å². The molecule has 13 heavy (non-hydrogen) atoms. The van der Waals surface area contributed by atoms with Crippen molar-refractivity contribution in [3.05, 3.63) is 51.5 Å². The van der Waals surface area contributed by atoms with Crippen molar-refractivity contribution >= 4 is 22.6 Å². The first-order valence-corrected chi connectivity index (χ1v) is 5.00. The van der Waals surface area contributed by atoms with Gasteiger partial charge in [-0.2, -0.15) is 0 Å². The Balaban J connectivity index is 3.29. The zero-order valence-corrected chi connectivity index (χ0v) is 9.63. The first-order chi connectivity index (χ1) is 6.20. The van der Waals surface area contributed by atoms with Gasteiger partial charge in [-0.15, -0.1) is 13.0 Å². The Hall–Kier alpha value is -0.750. The fourth-order valence-corrected chi connectivity index (χ4v) is 1.76. The van der Waals surface area contributed by atoms with E-state index in [0.717, 1.165) is 20.6 Å². The quantitative estimate of drug-likeness (QED) is 0.575. The van der Waals surface area contributed by atoms with Gasteiger partial charge in [0.2, 0.25) is 0 Å². The number of rotatable bonds is 2. The third-order valence-electron chi connectivity index (χ3n) is 1.89. The molecule has 0 aliphatic heterocycles. The molecule has 0 fully saturated rings. The van der Waals surface area contributed by atoms with Gasteiger partial charge in [0.25, 0.3) is 0 Å². The summed E-state index contributed by atoms with van der Waals surface area (Å²) < 4.78 is 1.11. The smallest absolute Gasteiger partial charge is 0.0417 e. The van der Waals surface area contributed by atoms with E-state index in [1.54, 1.807) is 0 Å². The summed E-state index contributed by atoms with van der Waals surface area (Å²) >= 11 is 2.25. The molecule has 0 atom stereocenters. The molecule has 0 unspecified atom stereocenters. The fraction of sp³-hybridized carbons (Fsp3) is 0.0833. The first-order valence-electron chi connectivity index (χ1n) is 3.92. The third-order valence-corrected chi connectivity index (χ3v) is 2.79. The van der Waals surface area contributed by atoms with Gasteiger partial charge in [-0.05, 0) is 34.2 Å². The van der Waals surface area contributed by atoms with Crippen LogP contribution in [0, 0.1) is 21.8 Å². The minimum atomic E-state index is 0.959. The molecule has 0 bridgehead atoms. The normalized spacial score (nSPS) is 9.69. The molecule has 0 aliphatic rings. The van der Waals surface area contributed by atoms with Crippen LogP contribution in [0.15, 0.2) is 30.9 Å². The molecule has 0 aromatic heterocycles. The van der Waals surface area contributed by atoms with Crippen LogP contribution in [0.2, 0.25) is 0 Å². The Bertz CT molecular complexity index is 358. The molecule has 0 nitrogen and oxygen atoms in total. The molecule has 0 N–H and O–H groups in total. The predicted molar refractivity (Wildman–Crippen MR) is 65.3 cm³/mol. The van der Waals surface area contributed by atoms with Crippen LogP contribution >= 0.6 is 22.6 Å². The van der Waals surface area contributed by atoms with Crippen LogP contribution in [0.1, 0.15) is 18.1 Å². The Morgan fingerprint density at radius 3 is 2.85 bits per heavy atom. The number of terminal acetylenes is 1. The predicted octanol–water partition coefficient (Wildman–Crippen LogP) is 3.40. The lowest BCUT2D eigenvalue weighted by Crippen LogP contribution is -1.96. The second-order valence-corrected chi connectivity index (χ2v) is 3.86. The molecule has 0 heterocycles. The highest BCUT2D eigenvalue weighted by atomic mass is 127. The van der Waals surface area contributed by atoms with Gasteiger partial charge in [0.1, 0.15) is 0 Å². The second-order valence-electron chi connectivity index (χ2n) is 2.69. The molecule has 1 radical (unpaired) electrons. The summed E-state index contributed by atoms with van der Waals surface area (Å²) in [6.45, 7) is 5.75. The second kappa shape index (κ2) is 4.48. The summed E-state index contributed by atoms with van der Waals surface area (Å²) in [6, 6.07) is 6.04. The molecule has 1 heteroatoms. The maximum Gasteiger partial charge on any atom is 0.0417 e. The first kappa shape index (κ1) is 10.3. The molecule has 0 saturated carbocycles. The van der Waals surface area contributed by atoms with Crippen LogP contribution in [-0.2, 0) is 0 Å². The molecular weight excluding hydrogens is 271 g/mol. The van der Waals surface area contributed by atoms with Crippen molar-refractivity contribution in [3.63, 3.8) is 0 Å². The zero-order chi connectivity index (χ0) is 9.84. The summed E-state index contributed by atoms with van der Waals surface area (Å²) in [7, 11) is 0. The van der Waals surface area contributed by atoms with Gasteiger partial charge < -0.3 is 0 Å². The van der Waals surface area contributed by atoms with E-state index in [4.69, 9.17) is 6.42 Å². The fourth-order valence-electron chi connectivity index (χ4n) is 1.11. The van der Waals surface area contributed by atoms with Crippen molar-refractivity contribution < 1.29 is 0 Å². The Morgan fingerprint density at radius 1 is 1.62 bits per heavy atom. The lowest BCUT2D eigenvalue weighted by molar-refractivity contribution is 1.24. The molecule has 1 aromatic carbocycles. The van der Waals surface area contributed by atoms with Gasteiger partial charge in [0.15, 0.2) is 0 Å². The highest BCUT2D eigenvalue weighted by Gasteiger charge is 2.08. The average molecular weight is 281 g/mol. The van der Waals surface area contributed by atoms with Gasteiger partial charge >= 0.3 is 0 Å².